The predicted molar refractivity (Wildman–Crippen MR) is 69.3 cm³/mol. The summed E-state index contributed by atoms with van der Waals surface area (Å²) >= 11 is 6.95. The maximum Gasteiger partial charge on any atom is 0.252 e. The van der Waals surface area contributed by atoms with E-state index in [0.29, 0.717) is 17.1 Å². The molecule has 4 nitrogen and oxygen atoms in total. The second-order valence-corrected chi connectivity index (χ2v) is 4.63. The molecule has 0 saturated carbocycles. The van der Waals surface area contributed by atoms with Crippen molar-refractivity contribution in [3.05, 3.63) is 34.0 Å². The van der Waals surface area contributed by atoms with Crippen LogP contribution in [0.5, 0.6) is 0 Å². The Morgan fingerprint density at radius 1 is 1.41 bits per heavy atom. The summed E-state index contributed by atoms with van der Waals surface area (Å²) in [5.74, 6) is -0.335. The van der Waals surface area contributed by atoms with Gasteiger partial charge in [-0.15, -0.1) is 0 Å². The number of carbonyl (C=O) groups is 2. The van der Waals surface area contributed by atoms with Crippen molar-refractivity contribution in [1.82, 2.24) is 10.6 Å². The van der Waals surface area contributed by atoms with Gasteiger partial charge >= 0.3 is 0 Å². The van der Waals surface area contributed by atoms with Crippen molar-refractivity contribution in [3.63, 3.8) is 0 Å². The first-order valence-electron chi connectivity index (χ1n) is 5.00. The Labute approximate surface area is 109 Å². The van der Waals surface area contributed by atoms with E-state index in [1.54, 1.807) is 11.4 Å². The first-order valence-corrected chi connectivity index (χ1v) is 6.32. The molecule has 2 N–H and O–H groups in total. The van der Waals surface area contributed by atoms with Crippen LogP contribution in [0.1, 0.15) is 16.8 Å². The highest BCUT2D eigenvalue weighted by Crippen LogP contribution is 2.04. The van der Waals surface area contributed by atoms with Gasteiger partial charge in [0.2, 0.25) is 5.91 Å². The topological polar surface area (TPSA) is 58.2 Å². The van der Waals surface area contributed by atoms with Gasteiger partial charge in [-0.05, 0) is 11.4 Å². The standard InChI is InChI=1S/C11H13ClN2O2S/c1-8(12)6-14-10(15)2-4-13-11(16)9-3-5-17-7-9/h3,5,7H,1-2,4,6H2,(H,13,16)(H,14,15). The Kier molecular flexibility index (Phi) is 5.72. The van der Waals surface area contributed by atoms with Crippen molar-refractivity contribution < 1.29 is 9.59 Å². The fraction of sp³-hybridized carbons (Fsp3) is 0.273. The molecule has 1 heterocycles. The maximum atomic E-state index is 11.5. The molecular formula is C11H13ClN2O2S. The van der Waals surface area contributed by atoms with Crippen LogP contribution in [0.25, 0.3) is 0 Å². The molecule has 17 heavy (non-hydrogen) atoms. The van der Waals surface area contributed by atoms with Crippen molar-refractivity contribution in [1.29, 1.82) is 0 Å². The number of hydrogen-bond donors (Lipinski definition) is 2. The largest absolute Gasteiger partial charge is 0.351 e. The molecule has 1 aromatic rings. The van der Waals surface area contributed by atoms with Crippen LogP contribution >= 0.6 is 22.9 Å². The summed E-state index contributed by atoms with van der Waals surface area (Å²) < 4.78 is 0. The SMILES string of the molecule is C=C(Cl)CNC(=O)CCNC(=O)c1ccsc1. The molecule has 0 bridgehead atoms. The zero-order valence-electron chi connectivity index (χ0n) is 9.16. The highest BCUT2D eigenvalue weighted by Gasteiger charge is 2.06. The zero-order chi connectivity index (χ0) is 12.7. The van der Waals surface area contributed by atoms with Gasteiger partial charge < -0.3 is 10.6 Å². The van der Waals surface area contributed by atoms with Crippen LogP contribution in [0, 0.1) is 0 Å². The minimum absolute atomic E-state index is 0.166. The van der Waals surface area contributed by atoms with Crippen LogP contribution < -0.4 is 10.6 Å². The summed E-state index contributed by atoms with van der Waals surface area (Å²) in [6.07, 6.45) is 0.222. The van der Waals surface area contributed by atoms with Crippen LogP contribution in [0.15, 0.2) is 28.4 Å². The number of halogens is 1. The molecule has 6 heteroatoms. The van der Waals surface area contributed by atoms with Crippen LogP contribution in [0.3, 0.4) is 0 Å². The van der Waals surface area contributed by atoms with Gasteiger partial charge in [-0.25, -0.2) is 0 Å². The Bertz CT molecular complexity index is 404. The lowest BCUT2D eigenvalue weighted by Crippen LogP contribution is -2.31. The lowest BCUT2D eigenvalue weighted by atomic mass is 10.3. The third-order valence-electron chi connectivity index (χ3n) is 1.90. The normalized spacial score (nSPS) is 9.71. The van der Waals surface area contributed by atoms with Crippen molar-refractivity contribution in [2.24, 2.45) is 0 Å². The van der Waals surface area contributed by atoms with Gasteiger partial charge in [0.25, 0.3) is 5.91 Å². The monoisotopic (exact) mass is 272 g/mol. The highest BCUT2D eigenvalue weighted by molar-refractivity contribution is 7.08. The molecular weight excluding hydrogens is 260 g/mol. The number of rotatable bonds is 6. The molecule has 92 valence electrons. The van der Waals surface area contributed by atoms with Gasteiger partial charge in [0.05, 0.1) is 6.54 Å². The predicted octanol–water partition coefficient (Wildman–Crippen LogP) is 1.74. The van der Waals surface area contributed by atoms with E-state index in [0.717, 1.165) is 0 Å². The quantitative estimate of drug-likeness (QED) is 0.829. The molecule has 0 unspecified atom stereocenters. The van der Waals surface area contributed by atoms with Crippen LogP contribution in [-0.2, 0) is 4.79 Å². The van der Waals surface area contributed by atoms with Crippen molar-refractivity contribution in [3.8, 4) is 0 Å². The van der Waals surface area contributed by atoms with Crippen molar-refractivity contribution in [2.45, 2.75) is 6.42 Å². The minimum atomic E-state index is -0.169. The summed E-state index contributed by atoms with van der Waals surface area (Å²) in [7, 11) is 0. The molecule has 0 aliphatic heterocycles. The fourth-order valence-electron chi connectivity index (χ4n) is 1.07. The van der Waals surface area contributed by atoms with Gasteiger partial charge in [-0.2, -0.15) is 11.3 Å². The first-order chi connectivity index (χ1) is 8.09. The lowest BCUT2D eigenvalue weighted by Gasteiger charge is -2.05. The first kappa shape index (κ1) is 13.7. The van der Waals surface area contributed by atoms with Gasteiger partial charge in [-0.1, -0.05) is 18.2 Å². The molecule has 1 rings (SSSR count). The van der Waals surface area contributed by atoms with E-state index in [-0.39, 0.29) is 24.8 Å². The van der Waals surface area contributed by atoms with E-state index in [1.165, 1.54) is 11.3 Å². The third-order valence-corrected chi connectivity index (χ3v) is 2.72. The smallest absolute Gasteiger partial charge is 0.252 e. The third kappa shape index (κ3) is 5.51. The van der Waals surface area contributed by atoms with Crippen LogP contribution in [0.2, 0.25) is 0 Å². The molecule has 0 aromatic carbocycles. The lowest BCUT2D eigenvalue weighted by molar-refractivity contribution is -0.120. The number of nitrogens with one attached hydrogen (secondary N) is 2. The second kappa shape index (κ2) is 7.09. The van der Waals surface area contributed by atoms with E-state index < -0.39 is 0 Å². The van der Waals surface area contributed by atoms with Crippen LogP contribution in [-0.4, -0.2) is 24.9 Å². The summed E-state index contributed by atoms with van der Waals surface area (Å²) in [5, 5.41) is 9.19. The Balaban J connectivity index is 2.17. The Hall–Kier alpha value is -1.33. The van der Waals surface area contributed by atoms with E-state index in [9.17, 15) is 9.59 Å². The summed E-state index contributed by atoms with van der Waals surface area (Å²) in [6.45, 7) is 4.00. The summed E-state index contributed by atoms with van der Waals surface area (Å²) in [6, 6.07) is 1.73. The minimum Gasteiger partial charge on any atom is -0.351 e. The molecule has 0 aliphatic rings. The van der Waals surface area contributed by atoms with Gasteiger partial charge in [0.15, 0.2) is 0 Å². The fourth-order valence-corrected chi connectivity index (χ4v) is 1.77. The zero-order valence-corrected chi connectivity index (χ0v) is 10.7. The molecule has 0 fully saturated rings. The number of hydrogen-bond acceptors (Lipinski definition) is 3. The Morgan fingerprint density at radius 3 is 2.76 bits per heavy atom. The molecule has 0 aliphatic carbocycles. The summed E-state index contributed by atoms with van der Waals surface area (Å²) in [5.41, 5.74) is 0.615. The van der Waals surface area contributed by atoms with Crippen molar-refractivity contribution in [2.75, 3.05) is 13.1 Å². The average Bonchev–Trinajstić information content (AvgIpc) is 2.79. The van der Waals surface area contributed by atoms with E-state index in [1.807, 2.05) is 5.38 Å². The Morgan fingerprint density at radius 2 is 2.18 bits per heavy atom. The maximum absolute atomic E-state index is 11.5. The number of carbonyl (C=O) groups excluding carboxylic acids is 2. The number of amides is 2. The second-order valence-electron chi connectivity index (χ2n) is 3.31. The van der Waals surface area contributed by atoms with E-state index >= 15 is 0 Å². The molecule has 0 saturated heterocycles. The van der Waals surface area contributed by atoms with Gasteiger partial charge in [-0.3, -0.25) is 9.59 Å². The molecule has 0 spiro atoms. The average molecular weight is 273 g/mol. The van der Waals surface area contributed by atoms with Gasteiger partial charge in [0, 0.05) is 28.9 Å². The highest BCUT2D eigenvalue weighted by atomic mass is 35.5. The summed E-state index contributed by atoms with van der Waals surface area (Å²) in [4.78, 5) is 22.7. The van der Waals surface area contributed by atoms with Crippen molar-refractivity contribution >= 4 is 34.8 Å². The molecule has 2 amide bonds. The van der Waals surface area contributed by atoms with Crippen LogP contribution in [0.4, 0.5) is 0 Å². The molecule has 1 aromatic heterocycles. The van der Waals surface area contributed by atoms with E-state index in [4.69, 9.17) is 11.6 Å². The molecule has 0 atom stereocenters. The van der Waals surface area contributed by atoms with E-state index in [2.05, 4.69) is 17.2 Å². The van der Waals surface area contributed by atoms with Gasteiger partial charge in [0.1, 0.15) is 0 Å². The number of thiophene rings is 1. The molecule has 0 radical (unpaired) electrons.